The van der Waals surface area contributed by atoms with Crippen LogP contribution in [0.2, 0.25) is 0 Å². The summed E-state index contributed by atoms with van der Waals surface area (Å²) in [7, 11) is 1.59. The quantitative estimate of drug-likeness (QED) is 0.469. The van der Waals surface area contributed by atoms with Gasteiger partial charge in [0, 0.05) is 7.11 Å². The lowest BCUT2D eigenvalue weighted by molar-refractivity contribution is -0.168. The zero-order chi connectivity index (χ0) is 10.7. The number of nitrogens with zero attached hydrogens (tertiary/aromatic N) is 1. The SMILES string of the molecule is COC(C)C(C)OCN1C(=O)CC1=O. The molecule has 0 aliphatic carbocycles. The number of rotatable bonds is 5. The van der Waals surface area contributed by atoms with Crippen molar-refractivity contribution in [3.8, 4) is 0 Å². The van der Waals surface area contributed by atoms with E-state index in [1.54, 1.807) is 7.11 Å². The molecule has 1 fully saturated rings. The van der Waals surface area contributed by atoms with Gasteiger partial charge >= 0.3 is 0 Å². The zero-order valence-electron chi connectivity index (χ0n) is 8.65. The van der Waals surface area contributed by atoms with Gasteiger partial charge in [-0.3, -0.25) is 14.5 Å². The first-order valence-electron chi connectivity index (χ1n) is 4.54. The summed E-state index contributed by atoms with van der Waals surface area (Å²) in [4.78, 5) is 22.9. The van der Waals surface area contributed by atoms with Crippen LogP contribution in [0, 0.1) is 0 Å². The monoisotopic (exact) mass is 201 g/mol. The molecule has 1 heterocycles. The molecule has 2 atom stereocenters. The lowest BCUT2D eigenvalue weighted by atomic mass is 10.2. The summed E-state index contributed by atoms with van der Waals surface area (Å²) in [5.41, 5.74) is 0. The molecule has 0 aromatic rings. The molecule has 1 saturated heterocycles. The maximum absolute atomic E-state index is 10.9. The van der Waals surface area contributed by atoms with Crippen LogP contribution in [0.15, 0.2) is 0 Å². The van der Waals surface area contributed by atoms with E-state index >= 15 is 0 Å². The van der Waals surface area contributed by atoms with Gasteiger partial charge in [-0.2, -0.15) is 0 Å². The second-order valence-corrected chi connectivity index (χ2v) is 3.33. The Morgan fingerprint density at radius 2 is 1.86 bits per heavy atom. The number of amides is 2. The molecule has 0 bridgehead atoms. The van der Waals surface area contributed by atoms with Crippen LogP contribution in [0.4, 0.5) is 0 Å². The lowest BCUT2D eigenvalue weighted by Crippen LogP contribution is -2.50. The molecule has 2 unspecified atom stereocenters. The van der Waals surface area contributed by atoms with Crippen LogP contribution in [-0.4, -0.2) is 42.8 Å². The van der Waals surface area contributed by atoms with Crippen molar-refractivity contribution < 1.29 is 19.1 Å². The number of ether oxygens (including phenoxy) is 2. The van der Waals surface area contributed by atoms with Gasteiger partial charge in [-0.1, -0.05) is 0 Å². The van der Waals surface area contributed by atoms with E-state index in [-0.39, 0.29) is 37.2 Å². The summed E-state index contributed by atoms with van der Waals surface area (Å²) in [6.45, 7) is 3.74. The fourth-order valence-electron chi connectivity index (χ4n) is 1.03. The van der Waals surface area contributed by atoms with Crippen molar-refractivity contribution in [3.63, 3.8) is 0 Å². The standard InChI is InChI=1S/C9H15NO4/c1-6(13-3)7(2)14-5-10-8(11)4-9(10)12/h6-7H,4-5H2,1-3H3. The number of carbonyl (C=O) groups excluding carboxylic acids is 2. The summed E-state index contributed by atoms with van der Waals surface area (Å²) in [6.07, 6.45) is -0.180. The molecule has 2 amide bonds. The van der Waals surface area contributed by atoms with Crippen LogP contribution in [0.5, 0.6) is 0 Å². The Balaban J connectivity index is 2.26. The Hall–Kier alpha value is -0.940. The molecule has 0 spiro atoms. The number of likely N-dealkylation sites (tertiary alicyclic amines) is 1. The highest BCUT2D eigenvalue weighted by atomic mass is 16.5. The Bertz CT molecular complexity index is 227. The summed E-state index contributed by atoms with van der Waals surface area (Å²) < 4.78 is 10.3. The maximum atomic E-state index is 10.9. The average Bonchev–Trinajstić information content (AvgIpc) is 2.16. The van der Waals surface area contributed by atoms with Crippen LogP contribution in [0.1, 0.15) is 20.3 Å². The molecule has 0 aromatic carbocycles. The number of β-lactam (4-membered cyclic amide) rings is 2. The van der Waals surface area contributed by atoms with Crippen molar-refractivity contribution in [2.45, 2.75) is 32.5 Å². The molecular formula is C9H15NO4. The van der Waals surface area contributed by atoms with Gasteiger partial charge in [0.25, 0.3) is 0 Å². The maximum Gasteiger partial charge on any atom is 0.240 e. The van der Waals surface area contributed by atoms with Crippen LogP contribution >= 0.6 is 0 Å². The van der Waals surface area contributed by atoms with Gasteiger partial charge in [0.05, 0.1) is 12.2 Å². The van der Waals surface area contributed by atoms with E-state index in [2.05, 4.69) is 0 Å². The molecule has 0 saturated carbocycles. The minimum absolute atomic E-state index is 0.0115. The summed E-state index contributed by atoms with van der Waals surface area (Å²) in [5.74, 6) is -0.348. The van der Waals surface area contributed by atoms with E-state index in [0.717, 1.165) is 4.90 Å². The topological polar surface area (TPSA) is 55.8 Å². The summed E-state index contributed by atoms with van der Waals surface area (Å²) in [5, 5.41) is 0. The number of imide groups is 1. The summed E-state index contributed by atoms with van der Waals surface area (Å²) in [6, 6.07) is 0. The third-order valence-corrected chi connectivity index (χ3v) is 2.40. The third kappa shape index (κ3) is 2.30. The van der Waals surface area contributed by atoms with Gasteiger partial charge in [0.15, 0.2) is 0 Å². The highest BCUT2D eigenvalue weighted by molar-refractivity contribution is 6.14. The molecule has 1 rings (SSSR count). The Morgan fingerprint density at radius 3 is 2.29 bits per heavy atom. The first-order chi connectivity index (χ1) is 6.56. The van der Waals surface area contributed by atoms with Crippen molar-refractivity contribution in [2.75, 3.05) is 13.8 Å². The Kier molecular flexibility index (Phi) is 3.60. The first-order valence-corrected chi connectivity index (χ1v) is 4.54. The molecule has 1 aliphatic heterocycles. The average molecular weight is 201 g/mol. The van der Waals surface area contributed by atoms with Gasteiger partial charge < -0.3 is 9.47 Å². The van der Waals surface area contributed by atoms with Crippen molar-refractivity contribution in [3.05, 3.63) is 0 Å². The van der Waals surface area contributed by atoms with Gasteiger partial charge in [0.2, 0.25) is 11.8 Å². The number of methoxy groups -OCH3 is 1. The van der Waals surface area contributed by atoms with Crippen LogP contribution in [0.3, 0.4) is 0 Å². The number of hydrogen-bond acceptors (Lipinski definition) is 4. The van der Waals surface area contributed by atoms with E-state index in [0.29, 0.717) is 0 Å². The summed E-state index contributed by atoms with van der Waals surface area (Å²) >= 11 is 0. The van der Waals surface area contributed by atoms with Crippen molar-refractivity contribution in [2.24, 2.45) is 0 Å². The predicted octanol–water partition coefficient (Wildman–Crippen LogP) is 0.143. The third-order valence-electron chi connectivity index (χ3n) is 2.40. The molecule has 0 aromatic heterocycles. The van der Waals surface area contributed by atoms with Crippen molar-refractivity contribution in [1.29, 1.82) is 0 Å². The van der Waals surface area contributed by atoms with E-state index in [1.165, 1.54) is 0 Å². The fourth-order valence-corrected chi connectivity index (χ4v) is 1.03. The van der Waals surface area contributed by atoms with Gasteiger partial charge in [-0.05, 0) is 13.8 Å². The van der Waals surface area contributed by atoms with E-state index in [9.17, 15) is 9.59 Å². The Morgan fingerprint density at radius 1 is 1.29 bits per heavy atom. The molecular weight excluding hydrogens is 186 g/mol. The van der Waals surface area contributed by atoms with E-state index in [4.69, 9.17) is 9.47 Å². The number of hydrogen-bond donors (Lipinski definition) is 0. The normalized spacial score (nSPS) is 20.6. The molecule has 0 N–H and O–H groups in total. The molecule has 14 heavy (non-hydrogen) atoms. The first kappa shape index (κ1) is 11.1. The highest BCUT2D eigenvalue weighted by Gasteiger charge is 2.34. The highest BCUT2D eigenvalue weighted by Crippen LogP contribution is 2.12. The number of carbonyl (C=O) groups is 2. The lowest BCUT2D eigenvalue weighted by Gasteiger charge is -2.30. The second kappa shape index (κ2) is 4.52. The molecule has 0 radical (unpaired) electrons. The molecule has 5 nitrogen and oxygen atoms in total. The van der Waals surface area contributed by atoms with Gasteiger partial charge in [0.1, 0.15) is 13.2 Å². The van der Waals surface area contributed by atoms with E-state index < -0.39 is 0 Å². The predicted molar refractivity (Wildman–Crippen MR) is 48.4 cm³/mol. The van der Waals surface area contributed by atoms with Crippen molar-refractivity contribution in [1.82, 2.24) is 4.90 Å². The minimum atomic E-state index is -0.174. The van der Waals surface area contributed by atoms with Crippen LogP contribution < -0.4 is 0 Å². The molecule has 1 aliphatic rings. The Labute approximate surface area is 83.0 Å². The fraction of sp³-hybridized carbons (Fsp3) is 0.778. The minimum Gasteiger partial charge on any atom is -0.379 e. The van der Waals surface area contributed by atoms with Crippen molar-refractivity contribution >= 4 is 11.8 Å². The molecule has 80 valence electrons. The van der Waals surface area contributed by atoms with Crippen LogP contribution in [-0.2, 0) is 19.1 Å². The largest absolute Gasteiger partial charge is 0.379 e. The second-order valence-electron chi connectivity index (χ2n) is 3.33. The smallest absolute Gasteiger partial charge is 0.240 e. The van der Waals surface area contributed by atoms with Gasteiger partial charge in [-0.25, -0.2) is 0 Å². The molecule has 5 heteroatoms. The van der Waals surface area contributed by atoms with E-state index in [1.807, 2.05) is 13.8 Å². The zero-order valence-corrected chi connectivity index (χ0v) is 8.65. The van der Waals surface area contributed by atoms with Crippen LogP contribution in [0.25, 0.3) is 0 Å². The van der Waals surface area contributed by atoms with Gasteiger partial charge in [-0.15, -0.1) is 0 Å².